The Morgan fingerprint density at radius 3 is 1.72 bits per heavy atom. The molecule has 1 aromatic carbocycles. The van der Waals surface area contributed by atoms with E-state index in [1.54, 1.807) is 20.8 Å². The highest BCUT2D eigenvalue weighted by molar-refractivity contribution is 6.34. The Morgan fingerprint density at radius 2 is 1.31 bits per heavy atom. The van der Waals surface area contributed by atoms with Crippen LogP contribution in [0.1, 0.15) is 145 Å². The number of aromatic carboxylic acids is 1. The largest absolute Gasteiger partial charge is 0.478 e. The summed E-state index contributed by atoms with van der Waals surface area (Å²) in [6, 6.07) is 4.05. The number of esters is 1. The Morgan fingerprint density at radius 1 is 0.833 bits per heavy atom. The molecule has 0 aliphatic heterocycles. The third-order valence-corrected chi connectivity index (χ3v) is 6.65. The summed E-state index contributed by atoms with van der Waals surface area (Å²) in [5.41, 5.74) is -0.545. The first-order valence-corrected chi connectivity index (χ1v) is 14.2. The molecule has 0 fully saturated rings. The zero-order valence-electron chi connectivity index (χ0n) is 22.9. The van der Waals surface area contributed by atoms with E-state index in [1.165, 1.54) is 88.8 Å². The molecule has 5 nitrogen and oxygen atoms in total. The van der Waals surface area contributed by atoms with Crippen molar-refractivity contribution >= 4 is 29.3 Å². The van der Waals surface area contributed by atoms with Gasteiger partial charge in [0.2, 0.25) is 0 Å². The maximum atomic E-state index is 13.2. The molecule has 0 aromatic heterocycles. The molecule has 0 spiro atoms. The third kappa shape index (κ3) is 13.4. The van der Waals surface area contributed by atoms with Crippen molar-refractivity contribution in [3.05, 3.63) is 34.3 Å². The first kappa shape index (κ1) is 32.1. The van der Waals surface area contributed by atoms with Crippen LogP contribution in [0.4, 0.5) is 0 Å². The minimum absolute atomic E-state index is 0.0206. The molecular weight excluding hydrogens is 476 g/mol. The topological polar surface area (TPSA) is 80.7 Å². The predicted molar refractivity (Wildman–Crippen MR) is 147 cm³/mol. The van der Waals surface area contributed by atoms with Crippen LogP contribution < -0.4 is 0 Å². The standard InChI is InChI=1S/C30H47ClO5/c1-5-6-7-8-9-10-11-12-13-14-15-16-17-18-19-25(29(35)36-30(2,3)4)27(32)23-20-21-24(28(33)34)26(31)22-23/h20-22,25H,5-19H2,1-4H3,(H,33,34). The molecule has 1 unspecified atom stereocenters. The number of hydrogen-bond donors (Lipinski definition) is 1. The van der Waals surface area contributed by atoms with E-state index in [1.807, 2.05) is 0 Å². The number of halogens is 1. The van der Waals surface area contributed by atoms with Gasteiger partial charge < -0.3 is 9.84 Å². The lowest BCUT2D eigenvalue weighted by atomic mass is 9.91. The molecule has 0 aliphatic rings. The van der Waals surface area contributed by atoms with Gasteiger partial charge in [0.15, 0.2) is 5.78 Å². The fraction of sp³-hybridized carbons (Fsp3) is 0.700. The SMILES string of the molecule is CCCCCCCCCCCCCCCCC(C(=O)OC(C)(C)C)C(=O)c1ccc(C(=O)O)c(Cl)c1. The average molecular weight is 523 g/mol. The van der Waals surface area contributed by atoms with Gasteiger partial charge in [0.1, 0.15) is 11.5 Å². The smallest absolute Gasteiger partial charge is 0.337 e. The van der Waals surface area contributed by atoms with Crippen molar-refractivity contribution in [3.8, 4) is 0 Å². The number of Topliss-reactive ketones (excluding diaryl/α,β-unsaturated/α-hetero) is 1. The predicted octanol–water partition coefficient (Wildman–Crippen LogP) is 9.05. The van der Waals surface area contributed by atoms with Crippen LogP contribution in [0, 0.1) is 5.92 Å². The Hall–Kier alpha value is -1.88. The van der Waals surface area contributed by atoms with Gasteiger partial charge in [0.05, 0.1) is 10.6 Å². The lowest BCUT2D eigenvalue weighted by molar-refractivity contribution is -0.158. The van der Waals surface area contributed by atoms with Crippen molar-refractivity contribution in [1.82, 2.24) is 0 Å². The summed E-state index contributed by atoms with van der Waals surface area (Å²) in [5.74, 6) is -3.00. The number of ketones is 1. The van der Waals surface area contributed by atoms with Crippen LogP contribution in [0.5, 0.6) is 0 Å². The van der Waals surface area contributed by atoms with Gasteiger partial charge in [-0.25, -0.2) is 4.79 Å². The number of carbonyl (C=O) groups is 3. The number of carboxylic acid groups (broad SMARTS) is 1. The number of unbranched alkanes of at least 4 members (excludes halogenated alkanes) is 13. The van der Waals surface area contributed by atoms with Gasteiger partial charge in [-0.2, -0.15) is 0 Å². The minimum atomic E-state index is -1.16. The molecule has 1 N–H and O–H groups in total. The van der Waals surface area contributed by atoms with E-state index in [2.05, 4.69) is 6.92 Å². The zero-order chi connectivity index (χ0) is 27.0. The van der Waals surface area contributed by atoms with Crippen molar-refractivity contribution in [1.29, 1.82) is 0 Å². The van der Waals surface area contributed by atoms with Crippen LogP contribution in [0.3, 0.4) is 0 Å². The quantitative estimate of drug-likeness (QED) is 0.0847. The van der Waals surface area contributed by atoms with Crippen molar-refractivity contribution in [2.24, 2.45) is 5.92 Å². The molecule has 36 heavy (non-hydrogen) atoms. The highest BCUT2D eigenvalue weighted by atomic mass is 35.5. The van der Waals surface area contributed by atoms with Crippen LogP contribution in [0.15, 0.2) is 18.2 Å². The molecule has 0 bridgehead atoms. The van der Waals surface area contributed by atoms with E-state index in [4.69, 9.17) is 16.3 Å². The summed E-state index contributed by atoms with van der Waals surface area (Å²) in [7, 11) is 0. The molecule has 0 saturated carbocycles. The van der Waals surface area contributed by atoms with E-state index < -0.39 is 23.5 Å². The van der Waals surface area contributed by atoms with E-state index >= 15 is 0 Å². The first-order valence-electron chi connectivity index (χ1n) is 13.9. The number of rotatable bonds is 19. The number of carboxylic acids is 1. The van der Waals surface area contributed by atoms with Crippen LogP contribution in [0.2, 0.25) is 5.02 Å². The molecule has 0 saturated heterocycles. The summed E-state index contributed by atoms with van der Waals surface area (Å²) in [4.78, 5) is 37.2. The summed E-state index contributed by atoms with van der Waals surface area (Å²) in [6.45, 7) is 7.58. The highest BCUT2D eigenvalue weighted by Gasteiger charge is 2.32. The molecule has 0 heterocycles. The van der Waals surface area contributed by atoms with Gasteiger partial charge in [-0.3, -0.25) is 9.59 Å². The highest BCUT2D eigenvalue weighted by Crippen LogP contribution is 2.25. The molecule has 1 atom stereocenters. The number of benzene rings is 1. The summed E-state index contributed by atoms with van der Waals surface area (Å²) < 4.78 is 5.52. The summed E-state index contributed by atoms with van der Waals surface area (Å²) >= 11 is 6.05. The monoisotopic (exact) mass is 522 g/mol. The van der Waals surface area contributed by atoms with Crippen LogP contribution in [-0.2, 0) is 9.53 Å². The summed E-state index contributed by atoms with van der Waals surface area (Å²) in [6.07, 6.45) is 17.7. The summed E-state index contributed by atoms with van der Waals surface area (Å²) in [5, 5.41) is 9.15. The maximum absolute atomic E-state index is 13.2. The first-order chi connectivity index (χ1) is 17.1. The molecule has 1 rings (SSSR count). The molecule has 0 aliphatic carbocycles. The van der Waals surface area contributed by atoms with Gasteiger partial charge in [-0.15, -0.1) is 0 Å². The average Bonchev–Trinajstić information content (AvgIpc) is 2.79. The van der Waals surface area contributed by atoms with Crippen molar-refractivity contribution in [2.75, 3.05) is 0 Å². The number of ether oxygens (including phenoxy) is 1. The molecule has 0 amide bonds. The second kappa shape index (κ2) is 17.6. The maximum Gasteiger partial charge on any atom is 0.337 e. The van der Waals surface area contributed by atoms with Crippen molar-refractivity contribution < 1.29 is 24.2 Å². The van der Waals surface area contributed by atoms with E-state index in [0.717, 1.165) is 19.3 Å². The van der Waals surface area contributed by atoms with E-state index in [-0.39, 0.29) is 21.9 Å². The number of carbonyl (C=O) groups excluding carboxylic acids is 2. The Labute approximate surface area is 223 Å². The minimum Gasteiger partial charge on any atom is -0.478 e. The zero-order valence-corrected chi connectivity index (χ0v) is 23.6. The van der Waals surface area contributed by atoms with Gasteiger partial charge >= 0.3 is 11.9 Å². The van der Waals surface area contributed by atoms with E-state index in [9.17, 15) is 19.5 Å². The third-order valence-electron chi connectivity index (χ3n) is 6.34. The van der Waals surface area contributed by atoms with Crippen molar-refractivity contribution in [3.63, 3.8) is 0 Å². The van der Waals surface area contributed by atoms with Gasteiger partial charge in [-0.05, 0) is 39.3 Å². The Kier molecular flexibility index (Phi) is 15.7. The van der Waals surface area contributed by atoms with E-state index in [0.29, 0.717) is 6.42 Å². The number of hydrogen-bond acceptors (Lipinski definition) is 4. The Bertz CT molecular complexity index is 812. The lowest BCUT2D eigenvalue weighted by Gasteiger charge is -2.23. The normalized spacial score (nSPS) is 12.4. The van der Waals surface area contributed by atoms with Gasteiger partial charge in [0, 0.05) is 5.56 Å². The Balaban J connectivity index is 2.46. The van der Waals surface area contributed by atoms with Crippen LogP contribution >= 0.6 is 11.6 Å². The molecule has 1 aromatic rings. The molecule has 0 radical (unpaired) electrons. The second-order valence-corrected chi connectivity index (χ2v) is 11.2. The van der Waals surface area contributed by atoms with Crippen LogP contribution in [-0.4, -0.2) is 28.4 Å². The fourth-order valence-corrected chi connectivity index (χ4v) is 4.58. The molecular formula is C30H47ClO5. The second-order valence-electron chi connectivity index (χ2n) is 10.8. The fourth-order valence-electron chi connectivity index (χ4n) is 4.31. The van der Waals surface area contributed by atoms with Gasteiger partial charge in [-0.1, -0.05) is 114 Å². The van der Waals surface area contributed by atoms with Crippen LogP contribution in [0.25, 0.3) is 0 Å². The van der Waals surface area contributed by atoms with Gasteiger partial charge in [0.25, 0.3) is 0 Å². The molecule has 6 heteroatoms. The van der Waals surface area contributed by atoms with Crippen molar-refractivity contribution in [2.45, 2.75) is 130 Å². The molecule has 204 valence electrons. The lowest BCUT2D eigenvalue weighted by Crippen LogP contribution is -2.33.